The first-order chi connectivity index (χ1) is 30.4. The van der Waals surface area contributed by atoms with Crippen molar-refractivity contribution in [2.24, 2.45) is 0 Å². The van der Waals surface area contributed by atoms with Gasteiger partial charge in [0.2, 0.25) is 0 Å². The maximum Gasteiger partial charge on any atom is 0.116 e. The third-order valence-electron chi connectivity index (χ3n) is 13.3. The lowest BCUT2D eigenvalue weighted by molar-refractivity contribution is 0.453. The summed E-state index contributed by atoms with van der Waals surface area (Å²) < 4.78 is 14.8. The lowest BCUT2D eigenvalue weighted by Crippen LogP contribution is -2.05. The molecular weight excluding hydrogens is 753 g/mol. The number of benzene rings is 4. The van der Waals surface area contributed by atoms with Crippen LogP contribution in [0.1, 0.15) is 113 Å². The van der Waals surface area contributed by atoms with Gasteiger partial charge in [0.1, 0.15) is 23.0 Å². The molecule has 0 spiro atoms. The highest BCUT2D eigenvalue weighted by atomic mass is 16.3. The summed E-state index contributed by atoms with van der Waals surface area (Å²) in [6.07, 6.45) is 0. The van der Waals surface area contributed by atoms with E-state index in [9.17, 15) is 0 Å². The molecule has 1 aliphatic heterocycles. The highest BCUT2D eigenvalue weighted by Gasteiger charge is 2.36. The van der Waals surface area contributed by atoms with Crippen LogP contribution in [0.2, 0.25) is 0 Å². The predicted molar refractivity (Wildman–Crippen MR) is 252 cm³/mol. The van der Waals surface area contributed by atoms with E-state index in [1.54, 1.807) is 0 Å². The average molecular weight is 801 g/mol. The minimum atomic E-state index is -0.170. The molecule has 2 nitrogen and oxygen atoms in total. The Bertz CT molecular complexity index is 2690. The fourth-order valence-corrected chi connectivity index (χ4v) is 10.1. The summed E-state index contributed by atoms with van der Waals surface area (Å²) in [6, 6.07) is 71.9. The van der Waals surface area contributed by atoms with Gasteiger partial charge < -0.3 is 8.83 Å². The van der Waals surface area contributed by atoms with E-state index in [2.05, 4.69) is 222 Å². The highest BCUT2D eigenvalue weighted by molar-refractivity contribution is 5.80. The summed E-state index contributed by atoms with van der Waals surface area (Å²) in [5.74, 6) is 3.00. The summed E-state index contributed by atoms with van der Waals surface area (Å²) in [5, 5.41) is 0. The first-order valence-electron chi connectivity index (χ1n) is 21.9. The predicted octanol–water partition coefficient (Wildman–Crippen LogP) is 15.4. The SMILES string of the molecule is Cc1ccc([C@@H]2c3ccc(o3)[C@H](c3ccc(C)cc3)c3cc(c4cccccc3-4)[C@H](c3ccc(C)cc3)c3ccc(o3)[C@H](c3ccc(C)cc3)c3cc2c2cccccc3-2)cc1. The molecule has 2 heteroatoms. The van der Waals surface area contributed by atoms with E-state index in [0.29, 0.717) is 0 Å². The first-order valence-corrected chi connectivity index (χ1v) is 21.9. The van der Waals surface area contributed by atoms with Gasteiger partial charge in [0.15, 0.2) is 0 Å². The minimum absolute atomic E-state index is 0.170. The molecule has 4 atom stereocenters. The van der Waals surface area contributed by atoms with E-state index in [1.807, 2.05) is 0 Å². The topological polar surface area (TPSA) is 26.3 Å². The van der Waals surface area contributed by atoms with E-state index in [0.717, 1.165) is 23.0 Å². The Morgan fingerprint density at radius 1 is 0.258 bits per heavy atom. The molecule has 5 aliphatic rings. The normalized spacial score (nSPS) is 17.4. The zero-order valence-corrected chi connectivity index (χ0v) is 35.6. The van der Waals surface area contributed by atoms with Crippen molar-refractivity contribution in [1.29, 1.82) is 0 Å². The van der Waals surface area contributed by atoms with Crippen molar-refractivity contribution in [3.63, 3.8) is 0 Å². The van der Waals surface area contributed by atoms with Gasteiger partial charge >= 0.3 is 0 Å². The van der Waals surface area contributed by atoms with Crippen LogP contribution in [0.3, 0.4) is 0 Å². The molecule has 8 bridgehead atoms. The third kappa shape index (κ3) is 6.59. The van der Waals surface area contributed by atoms with Gasteiger partial charge in [-0.05, 0) is 119 Å². The average Bonchev–Trinajstić information content (AvgIpc) is 4.02. The molecule has 0 unspecified atom stereocenters. The van der Waals surface area contributed by atoms with Crippen molar-refractivity contribution in [1.82, 2.24) is 0 Å². The first kappa shape index (κ1) is 37.8. The number of fused-ring (bicyclic) bond motifs is 14. The van der Waals surface area contributed by atoms with Gasteiger partial charge in [0.25, 0.3) is 0 Å². The Hall–Kier alpha value is -7.16. The number of rotatable bonds is 4. The van der Waals surface area contributed by atoms with Crippen molar-refractivity contribution < 1.29 is 8.83 Å². The van der Waals surface area contributed by atoms with Crippen molar-refractivity contribution in [3.05, 3.63) is 284 Å². The second-order valence-corrected chi connectivity index (χ2v) is 17.4. The molecule has 0 fully saturated rings. The molecule has 62 heavy (non-hydrogen) atoms. The van der Waals surface area contributed by atoms with Crippen LogP contribution in [-0.2, 0) is 0 Å². The minimum Gasteiger partial charge on any atom is -0.464 e. The molecule has 2 aromatic heterocycles. The van der Waals surface area contributed by atoms with Gasteiger partial charge in [-0.1, -0.05) is 192 Å². The van der Waals surface area contributed by atoms with Crippen molar-refractivity contribution in [2.75, 3.05) is 0 Å². The monoisotopic (exact) mass is 800 g/mol. The zero-order valence-electron chi connectivity index (χ0n) is 35.6. The molecule has 4 aliphatic carbocycles. The Kier molecular flexibility index (Phi) is 9.38. The lowest BCUT2D eigenvalue weighted by atomic mass is 9.87. The highest BCUT2D eigenvalue weighted by Crippen LogP contribution is 2.52. The molecule has 0 radical (unpaired) electrons. The quantitative estimate of drug-likeness (QED) is 0.177. The standard InChI is InChI=1S/C60H48O2/c1-37-15-23-41(24-16-37)57-49-35-50(46-12-8-5-7-11-45(46)49)58(42-25-17-38(2)18-26-42)55-33-34-56(62-55)60(44-29-21-40(4)22-30-44)52-36-51(47-13-9-6-10-14-48(47)52)59(54-32-31-53(57)61-54)43-27-19-39(3)20-28-43/h5-36,57-60H,1-4H3/t57-,58+,59+,60-. The van der Waals surface area contributed by atoms with Crippen LogP contribution >= 0.6 is 0 Å². The maximum atomic E-state index is 7.41. The molecule has 300 valence electrons. The van der Waals surface area contributed by atoms with Crippen LogP contribution in [0, 0.1) is 27.7 Å². The molecule has 11 rings (SSSR count). The summed E-state index contributed by atoms with van der Waals surface area (Å²) in [5.41, 5.74) is 19.3. The van der Waals surface area contributed by atoms with E-state index in [-0.39, 0.29) is 23.7 Å². The van der Waals surface area contributed by atoms with Gasteiger partial charge in [0, 0.05) is 0 Å². The fraction of sp³-hybridized carbons (Fsp3) is 0.133. The second kappa shape index (κ2) is 15.4. The van der Waals surface area contributed by atoms with Crippen molar-refractivity contribution in [2.45, 2.75) is 51.4 Å². The van der Waals surface area contributed by atoms with Gasteiger partial charge in [-0.3, -0.25) is 0 Å². The van der Waals surface area contributed by atoms with Gasteiger partial charge in [0.05, 0.1) is 23.7 Å². The Balaban J connectivity index is 1.26. The third-order valence-corrected chi connectivity index (χ3v) is 13.3. The molecular formula is C60H48O2. The molecule has 3 heterocycles. The summed E-state index contributed by atoms with van der Waals surface area (Å²) in [4.78, 5) is 0. The fourth-order valence-electron chi connectivity index (χ4n) is 10.1. The number of hydrogen-bond donors (Lipinski definition) is 0. The van der Waals surface area contributed by atoms with Gasteiger partial charge in [-0.25, -0.2) is 0 Å². The van der Waals surface area contributed by atoms with Crippen LogP contribution < -0.4 is 0 Å². The number of hydrogen-bond acceptors (Lipinski definition) is 2. The Labute approximate surface area is 364 Å². The summed E-state index contributed by atoms with van der Waals surface area (Å²) in [6.45, 7) is 8.62. The zero-order chi connectivity index (χ0) is 41.9. The Morgan fingerprint density at radius 3 is 0.710 bits per heavy atom. The molecule has 0 amide bonds. The van der Waals surface area contributed by atoms with E-state index in [1.165, 1.54) is 89.0 Å². The van der Waals surface area contributed by atoms with E-state index >= 15 is 0 Å². The molecule has 4 aromatic carbocycles. The summed E-state index contributed by atoms with van der Waals surface area (Å²) >= 11 is 0. The maximum absolute atomic E-state index is 7.41. The van der Waals surface area contributed by atoms with E-state index < -0.39 is 0 Å². The largest absolute Gasteiger partial charge is 0.464 e. The van der Waals surface area contributed by atoms with Crippen LogP contribution in [0.25, 0.3) is 22.3 Å². The number of aryl methyl sites for hydroxylation is 4. The summed E-state index contributed by atoms with van der Waals surface area (Å²) in [7, 11) is 0. The van der Waals surface area contributed by atoms with Gasteiger partial charge in [-0.2, -0.15) is 0 Å². The van der Waals surface area contributed by atoms with Crippen molar-refractivity contribution in [3.8, 4) is 22.3 Å². The van der Waals surface area contributed by atoms with Crippen molar-refractivity contribution >= 4 is 0 Å². The smallest absolute Gasteiger partial charge is 0.116 e. The van der Waals surface area contributed by atoms with E-state index in [4.69, 9.17) is 8.83 Å². The Morgan fingerprint density at radius 2 is 0.484 bits per heavy atom. The van der Waals surface area contributed by atoms with Crippen LogP contribution in [-0.4, -0.2) is 0 Å². The molecule has 0 saturated carbocycles. The molecule has 6 aromatic rings. The molecule has 0 saturated heterocycles. The second-order valence-electron chi connectivity index (χ2n) is 17.4. The molecule has 0 N–H and O–H groups in total. The van der Waals surface area contributed by atoms with Crippen LogP contribution in [0.15, 0.2) is 203 Å². The van der Waals surface area contributed by atoms with Gasteiger partial charge in [-0.15, -0.1) is 0 Å². The van der Waals surface area contributed by atoms with Crippen LogP contribution in [0.5, 0.6) is 0 Å². The number of furan rings is 2. The lowest BCUT2D eigenvalue weighted by Gasteiger charge is -2.19. The van der Waals surface area contributed by atoms with Crippen LogP contribution in [0.4, 0.5) is 0 Å².